The summed E-state index contributed by atoms with van der Waals surface area (Å²) in [6, 6.07) is 8.23. The van der Waals surface area contributed by atoms with E-state index in [-0.39, 0.29) is 17.2 Å². The molecule has 2 heterocycles. The molecule has 1 fully saturated rings. The average molecular weight is 421 g/mol. The van der Waals surface area contributed by atoms with Gasteiger partial charge in [-0.05, 0) is 24.6 Å². The van der Waals surface area contributed by atoms with Gasteiger partial charge in [0.15, 0.2) is 0 Å². The quantitative estimate of drug-likeness (QED) is 0.618. The van der Waals surface area contributed by atoms with Crippen molar-refractivity contribution >= 4 is 35.2 Å². The molecule has 0 saturated carbocycles. The minimum Gasteiger partial charge on any atom is -0.472 e. The molecule has 2 aromatic rings. The number of nitrogens with zero attached hydrogens (tertiary/aromatic N) is 1. The summed E-state index contributed by atoms with van der Waals surface area (Å²) in [7, 11) is 0. The molecule has 2 atom stereocenters. The lowest BCUT2D eigenvalue weighted by atomic mass is 10.1. The number of furan rings is 1. The molecule has 150 valence electrons. The van der Waals surface area contributed by atoms with Crippen molar-refractivity contribution in [3.8, 4) is 0 Å². The second-order valence-electron chi connectivity index (χ2n) is 6.80. The predicted octanol–water partition coefficient (Wildman–Crippen LogP) is 4.89. The molecule has 0 bridgehead atoms. The van der Waals surface area contributed by atoms with Crippen molar-refractivity contribution < 1.29 is 14.0 Å². The van der Waals surface area contributed by atoms with Gasteiger partial charge in [0, 0.05) is 17.9 Å². The van der Waals surface area contributed by atoms with E-state index in [0.29, 0.717) is 22.9 Å². The molecule has 0 radical (unpaired) electrons. The summed E-state index contributed by atoms with van der Waals surface area (Å²) < 4.78 is 5.20. The first-order valence-corrected chi connectivity index (χ1v) is 11.0. The van der Waals surface area contributed by atoms with Gasteiger partial charge in [0.05, 0.1) is 23.1 Å². The first-order valence-electron chi connectivity index (χ1n) is 9.62. The van der Waals surface area contributed by atoms with Crippen LogP contribution in [0.25, 0.3) is 0 Å². The third kappa shape index (κ3) is 4.73. The Morgan fingerprint density at radius 3 is 2.79 bits per heavy atom. The van der Waals surface area contributed by atoms with Gasteiger partial charge < -0.3 is 14.6 Å². The maximum absolute atomic E-state index is 13.3. The van der Waals surface area contributed by atoms with E-state index in [9.17, 15) is 9.59 Å². The molecule has 1 aliphatic heterocycles. The van der Waals surface area contributed by atoms with Crippen LogP contribution in [0.3, 0.4) is 0 Å². The van der Waals surface area contributed by atoms with E-state index in [1.165, 1.54) is 0 Å². The number of carbonyl (C=O) groups is 2. The van der Waals surface area contributed by atoms with Gasteiger partial charge in [-0.15, -0.1) is 11.8 Å². The van der Waals surface area contributed by atoms with Crippen LogP contribution in [0.15, 0.2) is 47.3 Å². The van der Waals surface area contributed by atoms with Gasteiger partial charge in [-0.2, -0.15) is 0 Å². The minimum atomic E-state index is -0.542. The van der Waals surface area contributed by atoms with Crippen molar-refractivity contribution in [2.75, 3.05) is 12.3 Å². The lowest BCUT2D eigenvalue weighted by Crippen LogP contribution is -2.48. The normalized spacial score (nSPS) is 19.0. The first-order chi connectivity index (χ1) is 13.6. The Labute approximate surface area is 174 Å². The lowest BCUT2D eigenvalue weighted by Gasteiger charge is -2.28. The van der Waals surface area contributed by atoms with Gasteiger partial charge in [0.2, 0.25) is 5.91 Å². The van der Waals surface area contributed by atoms with Gasteiger partial charge in [0.25, 0.3) is 5.91 Å². The van der Waals surface area contributed by atoms with Crippen LogP contribution in [0.5, 0.6) is 0 Å². The number of hydrogen-bond donors (Lipinski definition) is 1. The van der Waals surface area contributed by atoms with E-state index < -0.39 is 6.04 Å². The highest BCUT2D eigenvalue weighted by Gasteiger charge is 2.43. The van der Waals surface area contributed by atoms with Gasteiger partial charge in [-0.3, -0.25) is 9.59 Å². The molecule has 5 nitrogen and oxygen atoms in total. The minimum absolute atomic E-state index is 0.115. The maximum Gasteiger partial charge on any atom is 0.257 e. The van der Waals surface area contributed by atoms with E-state index in [4.69, 9.17) is 16.0 Å². The smallest absolute Gasteiger partial charge is 0.257 e. The number of hydrogen-bond acceptors (Lipinski definition) is 4. The van der Waals surface area contributed by atoms with E-state index in [0.717, 1.165) is 31.2 Å². The number of unbranched alkanes of at least 4 members (excludes halogenated alkanes) is 3. The summed E-state index contributed by atoms with van der Waals surface area (Å²) in [6.07, 6.45) is 7.55. The largest absolute Gasteiger partial charge is 0.472 e. The highest BCUT2D eigenvalue weighted by molar-refractivity contribution is 7.99. The average Bonchev–Trinajstić information content (AvgIpc) is 3.37. The monoisotopic (exact) mass is 420 g/mol. The van der Waals surface area contributed by atoms with Crippen LogP contribution in [0.2, 0.25) is 5.02 Å². The molecule has 1 N–H and O–H groups in total. The van der Waals surface area contributed by atoms with Crippen LogP contribution in [-0.4, -0.2) is 35.1 Å². The van der Waals surface area contributed by atoms with Crippen molar-refractivity contribution in [1.82, 2.24) is 10.2 Å². The number of benzene rings is 1. The zero-order chi connectivity index (χ0) is 19.9. The number of nitrogens with one attached hydrogen (secondary N) is 1. The zero-order valence-corrected chi connectivity index (χ0v) is 17.5. The summed E-state index contributed by atoms with van der Waals surface area (Å²) in [5, 5.41) is 3.10. The topological polar surface area (TPSA) is 62.6 Å². The second-order valence-corrected chi connectivity index (χ2v) is 8.32. The van der Waals surface area contributed by atoms with Crippen molar-refractivity contribution in [2.24, 2.45) is 0 Å². The Kier molecular flexibility index (Phi) is 7.45. The standard InChI is InChI=1S/C21H25ClN2O3S/c1-2-3-4-7-11-23-19(25)18-14-28-21(15-10-12-27-13-15)24(18)20(26)16-8-5-6-9-17(16)22/h5-6,8-10,12-13,18,21H,2-4,7,11,14H2,1H3,(H,23,25)/t18-,21-/m1/s1. The van der Waals surface area contributed by atoms with Crippen LogP contribution in [-0.2, 0) is 4.79 Å². The van der Waals surface area contributed by atoms with E-state index in [1.807, 2.05) is 6.07 Å². The van der Waals surface area contributed by atoms with Crippen LogP contribution in [0.4, 0.5) is 0 Å². The fourth-order valence-electron chi connectivity index (χ4n) is 3.28. The highest BCUT2D eigenvalue weighted by atomic mass is 35.5. The van der Waals surface area contributed by atoms with E-state index in [1.54, 1.807) is 53.5 Å². The molecule has 1 aliphatic rings. The Hall–Kier alpha value is -1.92. The Morgan fingerprint density at radius 2 is 2.07 bits per heavy atom. The molecule has 0 unspecified atom stereocenters. The Bertz CT molecular complexity index is 797. The molecule has 28 heavy (non-hydrogen) atoms. The molecular weight excluding hydrogens is 396 g/mol. The van der Waals surface area contributed by atoms with Crippen LogP contribution in [0.1, 0.15) is 53.9 Å². The van der Waals surface area contributed by atoms with Crippen molar-refractivity contribution in [1.29, 1.82) is 0 Å². The zero-order valence-electron chi connectivity index (χ0n) is 15.9. The fourth-order valence-corrected chi connectivity index (χ4v) is 4.91. The summed E-state index contributed by atoms with van der Waals surface area (Å²) in [5.41, 5.74) is 1.27. The number of carbonyl (C=O) groups excluding carboxylic acids is 2. The third-order valence-corrected chi connectivity index (χ3v) is 6.45. The van der Waals surface area contributed by atoms with Gasteiger partial charge >= 0.3 is 0 Å². The van der Waals surface area contributed by atoms with Gasteiger partial charge in [0.1, 0.15) is 11.4 Å². The maximum atomic E-state index is 13.3. The molecule has 1 aromatic heterocycles. The highest BCUT2D eigenvalue weighted by Crippen LogP contribution is 2.42. The van der Waals surface area contributed by atoms with E-state index >= 15 is 0 Å². The van der Waals surface area contributed by atoms with E-state index in [2.05, 4.69) is 12.2 Å². The molecule has 1 aromatic carbocycles. The summed E-state index contributed by atoms with van der Waals surface area (Å²) in [4.78, 5) is 27.8. The Balaban J connectivity index is 1.78. The SMILES string of the molecule is CCCCCCNC(=O)[C@H]1CS[C@H](c2ccoc2)N1C(=O)c1ccccc1Cl. The van der Waals surface area contributed by atoms with Crippen LogP contribution >= 0.6 is 23.4 Å². The van der Waals surface area contributed by atoms with Crippen molar-refractivity contribution in [3.63, 3.8) is 0 Å². The number of halogens is 1. The molecule has 3 rings (SSSR count). The van der Waals surface area contributed by atoms with Crippen LogP contribution < -0.4 is 5.32 Å². The third-order valence-electron chi connectivity index (χ3n) is 4.80. The number of rotatable bonds is 8. The first kappa shape index (κ1) is 20.8. The molecular formula is C21H25ClN2O3S. The number of thioether (sulfide) groups is 1. The molecule has 2 amide bonds. The summed E-state index contributed by atoms with van der Waals surface area (Å²) in [6.45, 7) is 2.78. The molecule has 1 saturated heterocycles. The molecule has 0 spiro atoms. The Morgan fingerprint density at radius 1 is 1.25 bits per heavy atom. The molecule has 7 heteroatoms. The van der Waals surface area contributed by atoms with Crippen molar-refractivity contribution in [3.05, 3.63) is 59.0 Å². The summed E-state index contributed by atoms with van der Waals surface area (Å²) >= 11 is 7.82. The second kappa shape index (κ2) is 10.0. The van der Waals surface area contributed by atoms with Gasteiger partial charge in [-0.25, -0.2) is 0 Å². The predicted molar refractivity (Wildman–Crippen MR) is 112 cm³/mol. The summed E-state index contributed by atoms with van der Waals surface area (Å²) in [5.74, 6) is 0.177. The van der Waals surface area contributed by atoms with Crippen molar-refractivity contribution in [2.45, 2.75) is 44.0 Å². The van der Waals surface area contributed by atoms with Crippen LogP contribution in [0, 0.1) is 0 Å². The number of amides is 2. The molecule has 0 aliphatic carbocycles. The lowest BCUT2D eigenvalue weighted by molar-refractivity contribution is -0.124. The van der Waals surface area contributed by atoms with Gasteiger partial charge in [-0.1, -0.05) is 49.9 Å². The fraction of sp³-hybridized carbons (Fsp3) is 0.429.